The van der Waals surface area contributed by atoms with Crippen LogP contribution in [0, 0.1) is 0 Å². The number of methoxy groups -OCH3 is 1. The van der Waals surface area contributed by atoms with Crippen LogP contribution >= 0.6 is 39.1 Å². The SMILES string of the molecule is CCCOc1ccc(NC(=O)C(=O)N/N=C\c2cc(Br)c(OCC(=O)Nc3cc(Cl)cc(Cl)c3)c(OC)c2)cc1. The van der Waals surface area contributed by atoms with Crippen LogP contribution < -0.4 is 30.3 Å². The minimum atomic E-state index is -0.958. The Kier molecular flexibility index (Phi) is 11.6. The Labute approximate surface area is 249 Å². The van der Waals surface area contributed by atoms with Gasteiger partial charge < -0.3 is 24.8 Å². The number of halogens is 3. The van der Waals surface area contributed by atoms with Crippen LogP contribution in [0.4, 0.5) is 11.4 Å². The molecular weight excluding hydrogens is 627 g/mol. The van der Waals surface area contributed by atoms with Crippen LogP contribution in [0.5, 0.6) is 17.2 Å². The van der Waals surface area contributed by atoms with Crippen molar-refractivity contribution < 1.29 is 28.6 Å². The first-order chi connectivity index (χ1) is 19.2. The number of carbonyl (C=O) groups excluding carboxylic acids is 3. The maximum atomic E-state index is 12.3. The standard InChI is InChI=1S/C27H25BrCl2N4O6/c1-3-8-39-21-6-4-19(5-7-21)33-26(36)27(37)34-31-14-16-9-22(28)25(23(10-16)38-2)40-15-24(35)32-20-12-17(29)11-18(30)13-20/h4-7,9-14H,3,8,15H2,1-2H3,(H,32,35)(H,33,36)(H,34,37)/b31-14-. The van der Waals surface area contributed by atoms with Gasteiger partial charge in [0, 0.05) is 21.4 Å². The fourth-order valence-corrected chi connectivity index (χ4v) is 4.27. The zero-order valence-corrected chi connectivity index (χ0v) is 24.5. The highest BCUT2D eigenvalue weighted by molar-refractivity contribution is 9.10. The zero-order valence-electron chi connectivity index (χ0n) is 21.4. The van der Waals surface area contributed by atoms with Gasteiger partial charge >= 0.3 is 11.8 Å². The number of rotatable bonds is 11. The molecule has 0 saturated carbocycles. The maximum absolute atomic E-state index is 12.3. The highest BCUT2D eigenvalue weighted by Gasteiger charge is 2.15. The Morgan fingerprint density at radius 3 is 2.27 bits per heavy atom. The Morgan fingerprint density at radius 2 is 1.62 bits per heavy atom. The summed E-state index contributed by atoms with van der Waals surface area (Å²) in [6.07, 6.45) is 2.19. The van der Waals surface area contributed by atoms with Crippen LogP contribution in [-0.2, 0) is 14.4 Å². The third-order valence-electron chi connectivity index (χ3n) is 4.92. The number of hydrazone groups is 1. The molecular formula is C27H25BrCl2N4O6. The number of hydrogen-bond donors (Lipinski definition) is 3. The summed E-state index contributed by atoms with van der Waals surface area (Å²) in [6, 6.07) is 14.5. The summed E-state index contributed by atoms with van der Waals surface area (Å²) in [6.45, 7) is 2.26. The van der Waals surface area contributed by atoms with Gasteiger partial charge in [0.2, 0.25) is 0 Å². The third-order valence-corrected chi connectivity index (χ3v) is 5.94. The van der Waals surface area contributed by atoms with Gasteiger partial charge in [0.05, 0.1) is 24.4 Å². The highest BCUT2D eigenvalue weighted by atomic mass is 79.9. The molecule has 3 aromatic carbocycles. The lowest BCUT2D eigenvalue weighted by molar-refractivity contribution is -0.136. The van der Waals surface area contributed by atoms with E-state index in [2.05, 4.69) is 37.1 Å². The van der Waals surface area contributed by atoms with Gasteiger partial charge in [-0.3, -0.25) is 14.4 Å². The summed E-state index contributed by atoms with van der Waals surface area (Å²) in [7, 11) is 1.43. The molecule has 0 fully saturated rings. The average Bonchev–Trinajstić information content (AvgIpc) is 2.91. The third kappa shape index (κ3) is 9.44. The number of ether oxygens (including phenoxy) is 3. The van der Waals surface area contributed by atoms with E-state index in [1.54, 1.807) is 54.6 Å². The van der Waals surface area contributed by atoms with Crippen molar-refractivity contribution in [2.45, 2.75) is 13.3 Å². The van der Waals surface area contributed by atoms with E-state index in [1.807, 2.05) is 6.92 Å². The predicted molar refractivity (Wildman–Crippen MR) is 158 cm³/mol. The Bertz CT molecular complexity index is 1380. The molecule has 0 heterocycles. The molecule has 0 spiro atoms. The van der Waals surface area contributed by atoms with Gasteiger partial charge in [0.15, 0.2) is 18.1 Å². The highest BCUT2D eigenvalue weighted by Crippen LogP contribution is 2.36. The molecule has 0 bridgehead atoms. The van der Waals surface area contributed by atoms with Gasteiger partial charge in [-0.25, -0.2) is 5.43 Å². The van der Waals surface area contributed by atoms with Gasteiger partial charge in [-0.1, -0.05) is 30.1 Å². The molecule has 3 rings (SSSR count). The average molecular weight is 652 g/mol. The molecule has 3 amide bonds. The summed E-state index contributed by atoms with van der Waals surface area (Å²) in [5.74, 6) is -1.06. The Hall–Kier alpha value is -3.80. The van der Waals surface area contributed by atoms with Crippen LogP contribution in [0.1, 0.15) is 18.9 Å². The second kappa shape index (κ2) is 15.1. The molecule has 0 saturated heterocycles. The number of carbonyl (C=O) groups is 3. The second-order valence-electron chi connectivity index (χ2n) is 8.06. The number of benzene rings is 3. The number of nitrogens with one attached hydrogen (secondary N) is 3. The van der Waals surface area contributed by atoms with Crippen LogP contribution in [0.15, 0.2) is 64.2 Å². The van der Waals surface area contributed by atoms with E-state index in [0.29, 0.717) is 49.6 Å². The molecule has 13 heteroatoms. The first-order valence-corrected chi connectivity index (χ1v) is 13.4. The first kappa shape index (κ1) is 30.7. The van der Waals surface area contributed by atoms with Crippen LogP contribution in [-0.4, -0.2) is 44.3 Å². The molecule has 0 aromatic heterocycles. The summed E-state index contributed by atoms with van der Waals surface area (Å²) in [5.41, 5.74) is 3.54. The first-order valence-electron chi connectivity index (χ1n) is 11.8. The molecule has 0 aliphatic carbocycles. The van der Waals surface area contributed by atoms with Crippen molar-refractivity contribution in [3.63, 3.8) is 0 Å². The normalized spacial score (nSPS) is 10.6. The molecule has 3 aromatic rings. The van der Waals surface area contributed by atoms with Gasteiger partial charge in [-0.2, -0.15) is 5.10 Å². The molecule has 3 N–H and O–H groups in total. The fourth-order valence-electron chi connectivity index (χ4n) is 3.17. The van der Waals surface area contributed by atoms with Crippen molar-refractivity contribution in [2.24, 2.45) is 5.10 Å². The topological polar surface area (TPSA) is 127 Å². The number of amides is 3. The number of hydrogen-bond acceptors (Lipinski definition) is 7. The number of anilines is 2. The number of nitrogens with zero attached hydrogens (tertiary/aromatic N) is 1. The molecule has 10 nitrogen and oxygen atoms in total. The maximum Gasteiger partial charge on any atom is 0.329 e. The van der Waals surface area contributed by atoms with E-state index in [1.165, 1.54) is 13.3 Å². The molecule has 0 atom stereocenters. The van der Waals surface area contributed by atoms with Crippen molar-refractivity contribution in [2.75, 3.05) is 31.0 Å². The van der Waals surface area contributed by atoms with E-state index >= 15 is 0 Å². The Morgan fingerprint density at radius 1 is 0.925 bits per heavy atom. The lowest BCUT2D eigenvalue weighted by atomic mass is 10.2. The fraction of sp³-hybridized carbons (Fsp3) is 0.185. The van der Waals surface area contributed by atoms with E-state index in [0.717, 1.165) is 6.42 Å². The molecule has 0 aliphatic heterocycles. The van der Waals surface area contributed by atoms with E-state index in [9.17, 15) is 14.4 Å². The molecule has 40 heavy (non-hydrogen) atoms. The van der Waals surface area contributed by atoms with Gasteiger partial charge in [-0.05, 0) is 82.5 Å². The Balaban J connectivity index is 1.55. The molecule has 0 radical (unpaired) electrons. The minimum absolute atomic E-state index is 0.272. The smallest absolute Gasteiger partial charge is 0.329 e. The predicted octanol–water partition coefficient (Wildman–Crippen LogP) is 5.66. The minimum Gasteiger partial charge on any atom is -0.494 e. The van der Waals surface area contributed by atoms with Crippen molar-refractivity contribution in [3.8, 4) is 17.2 Å². The van der Waals surface area contributed by atoms with Gasteiger partial charge in [0.25, 0.3) is 5.91 Å². The largest absolute Gasteiger partial charge is 0.494 e. The second-order valence-corrected chi connectivity index (χ2v) is 9.78. The zero-order chi connectivity index (χ0) is 29.1. The molecule has 210 valence electrons. The summed E-state index contributed by atoms with van der Waals surface area (Å²) >= 11 is 15.3. The van der Waals surface area contributed by atoms with Crippen molar-refractivity contribution in [1.29, 1.82) is 0 Å². The van der Waals surface area contributed by atoms with E-state index < -0.39 is 17.7 Å². The summed E-state index contributed by atoms with van der Waals surface area (Å²) in [4.78, 5) is 36.6. The van der Waals surface area contributed by atoms with E-state index in [4.69, 9.17) is 37.4 Å². The lowest BCUT2D eigenvalue weighted by Crippen LogP contribution is -2.32. The summed E-state index contributed by atoms with van der Waals surface area (Å²) < 4.78 is 17.0. The van der Waals surface area contributed by atoms with Gasteiger partial charge in [-0.15, -0.1) is 0 Å². The molecule has 0 unspecified atom stereocenters. The van der Waals surface area contributed by atoms with Gasteiger partial charge in [0.1, 0.15) is 5.75 Å². The van der Waals surface area contributed by atoms with Crippen LogP contribution in [0.3, 0.4) is 0 Å². The lowest BCUT2D eigenvalue weighted by Gasteiger charge is -2.13. The quantitative estimate of drug-likeness (QED) is 0.140. The monoisotopic (exact) mass is 650 g/mol. The van der Waals surface area contributed by atoms with Crippen LogP contribution in [0.2, 0.25) is 10.0 Å². The summed E-state index contributed by atoms with van der Waals surface area (Å²) in [5, 5.41) is 9.71. The van der Waals surface area contributed by atoms with E-state index in [-0.39, 0.29) is 12.4 Å². The van der Waals surface area contributed by atoms with Crippen LogP contribution in [0.25, 0.3) is 0 Å². The molecule has 0 aliphatic rings. The van der Waals surface area contributed by atoms with Crippen molar-refractivity contribution in [1.82, 2.24) is 5.43 Å². The van der Waals surface area contributed by atoms with Crippen molar-refractivity contribution in [3.05, 3.63) is 74.7 Å². The van der Waals surface area contributed by atoms with Crippen molar-refractivity contribution >= 4 is 74.4 Å².